The van der Waals surface area contributed by atoms with Crippen LogP contribution in [-0.2, 0) is 11.2 Å². The van der Waals surface area contributed by atoms with Gasteiger partial charge in [0.2, 0.25) is 0 Å². The smallest absolute Gasteiger partial charge is 0.337 e. The molecule has 0 saturated heterocycles. The molecule has 4 aromatic rings. The maximum atomic E-state index is 13.8. The number of nitrogens with zero attached hydrogens (tertiary/aromatic N) is 1. The number of H-pyrrole nitrogens is 1. The van der Waals surface area contributed by atoms with E-state index in [9.17, 15) is 23.2 Å². The van der Waals surface area contributed by atoms with Crippen LogP contribution < -0.4 is 16.2 Å². The maximum absolute atomic E-state index is 13.8. The standard InChI is InChI=1S/C24H18F2N4O4/c1-34-23(32)14-4-2-13(3-5-14)10-21-17-8-7-16(12-18(17)22(31)30-29-21)27-24(33)28-20-9-6-15(25)11-19(20)26/h2-9,11-12H,10H2,1H3,(H,30,31)(H2,27,28,33). The Morgan fingerprint density at radius 1 is 0.971 bits per heavy atom. The molecule has 0 fully saturated rings. The number of methoxy groups -OCH3 is 1. The molecule has 0 saturated carbocycles. The van der Waals surface area contributed by atoms with Crippen LogP contribution in [0.4, 0.5) is 25.0 Å². The van der Waals surface area contributed by atoms with Gasteiger partial charge in [-0.2, -0.15) is 5.10 Å². The molecule has 3 N–H and O–H groups in total. The quantitative estimate of drug-likeness (QED) is 0.383. The molecule has 1 heterocycles. The molecule has 34 heavy (non-hydrogen) atoms. The first-order valence-corrected chi connectivity index (χ1v) is 10.1. The molecule has 0 spiro atoms. The zero-order chi connectivity index (χ0) is 24.2. The molecule has 0 unspecified atom stereocenters. The van der Waals surface area contributed by atoms with E-state index < -0.39 is 29.2 Å². The second-order valence-electron chi connectivity index (χ2n) is 7.33. The number of ether oxygens (including phenoxy) is 1. The topological polar surface area (TPSA) is 113 Å². The van der Waals surface area contributed by atoms with E-state index in [0.717, 1.165) is 17.7 Å². The summed E-state index contributed by atoms with van der Waals surface area (Å²) in [5.74, 6) is -2.12. The highest BCUT2D eigenvalue weighted by molar-refractivity contribution is 6.01. The van der Waals surface area contributed by atoms with E-state index in [-0.39, 0.29) is 11.4 Å². The first kappa shape index (κ1) is 22.6. The van der Waals surface area contributed by atoms with Gasteiger partial charge < -0.3 is 15.4 Å². The number of benzene rings is 3. The highest BCUT2D eigenvalue weighted by atomic mass is 19.1. The van der Waals surface area contributed by atoms with Gasteiger partial charge in [0.25, 0.3) is 5.56 Å². The summed E-state index contributed by atoms with van der Waals surface area (Å²) in [5.41, 5.74) is 1.51. The number of carbonyl (C=O) groups excluding carboxylic acids is 2. The van der Waals surface area contributed by atoms with Crippen LogP contribution in [-0.4, -0.2) is 29.3 Å². The summed E-state index contributed by atoms with van der Waals surface area (Å²) in [4.78, 5) is 36.2. The van der Waals surface area contributed by atoms with Gasteiger partial charge in [-0.3, -0.25) is 4.79 Å². The molecule has 0 aliphatic rings. The zero-order valence-corrected chi connectivity index (χ0v) is 17.8. The fourth-order valence-corrected chi connectivity index (χ4v) is 3.38. The van der Waals surface area contributed by atoms with Crippen molar-refractivity contribution in [1.29, 1.82) is 0 Å². The number of fused-ring (bicyclic) bond motifs is 1. The Hall–Kier alpha value is -4.60. The molecular formula is C24H18F2N4O4. The third-order valence-electron chi connectivity index (χ3n) is 5.05. The third kappa shape index (κ3) is 4.90. The van der Waals surface area contributed by atoms with Crippen molar-refractivity contribution in [2.24, 2.45) is 0 Å². The monoisotopic (exact) mass is 464 g/mol. The van der Waals surface area contributed by atoms with Crippen LogP contribution in [0.5, 0.6) is 0 Å². The summed E-state index contributed by atoms with van der Waals surface area (Å²) in [7, 11) is 1.31. The number of esters is 1. The summed E-state index contributed by atoms with van der Waals surface area (Å²) in [6.07, 6.45) is 0.381. The van der Waals surface area contributed by atoms with Gasteiger partial charge in [-0.25, -0.2) is 23.5 Å². The molecule has 0 bridgehead atoms. The van der Waals surface area contributed by atoms with E-state index >= 15 is 0 Å². The molecule has 3 aromatic carbocycles. The number of carbonyl (C=O) groups is 2. The molecule has 0 atom stereocenters. The van der Waals surface area contributed by atoms with E-state index in [1.807, 2.05) is 0 Å². The average Bonchev–Trinajstić information content (AvgIpc) is 2.83. The number of rotatable bonds is 5. The van der Waals surface area contributed by atoms with Crippen LogP contribution in [0.25, 0.3) is 10.8 Å². The van der Waals surface area contributed by atoms with Crippen molar-refractivity contribution >= 4 is 34.1 Å². The summed E-state index contributed by atoms with van der Waals surface area (Å²) in [6, 6.07) is 13.5. The van der Waals surface area contributed by atoms with Crippen LogP contribution in [0.1, 0.15) is 21.6 Å². The minimum absolute atomic E-state index is 0.192. The van der Waals surface area contributed by atoms with E-state index in [2.05, 4.69) is 25.6 Å². The van der Waals surface area contributed by atoms with Crippen molar-refractivity contribution in [3.63, 3.8) is 0 Å². The molecule has 2 amide bonds. The van der Waals surface area contributed by atoms with Gasteiger partial charge in [-0.15, -0.1) is 0 Å². The lowest BCUT2D eigenvalue weighted by Gasteiger charge is -2.10. The molecule has 0 aliphatic carbocycles. The maximum Gasteiger partial charge on any atom is 0.337 e. The molecule has 4 rings (SSSR count). The summed E-state index contributed by atoms with van der Waals surface area (Å²) < 4.78 is 31.5. The van der Waals surface area contributed by atoms with E-state index in [4.69, 9.17) is 0 Å². The zero-order valence-electron chi connectivity index (χ0n) is 17.8. The number of halogens is 2. The molecule has 10 heteroatoms. The number of nitrogens with one attached hydrogen (secondary N) is 3. The van der Waals surface area contributed by atoms with E-state index in [1.165, 1.54) is 13.2 Å². The number of aromatic nitrogens is 2. The fourth-order valence-electron chi connectivity index (χ4n) is 3.38. The highest BCUT2D eigenvalue weighted by Gasteiger charge is 2.12. The van der Waals surface area contributed by atoms with Crippen molar-refractivity contribution in [3.8, 4) is 0 Å². The SMILES string of the molecule is COC(=O)c1ccc(Cc2n[nH]c(=O)c3cc(NC(=O)Nc4ccc(F)cc4F)ccc23)cc1. The van der Waals surface area contributed by atoms with Crippen molar-refractivity contribution in [3.05, 3.63) is 99.5 Å². The number of amides is 2. The number of anilines is 2. The lowest BCUT2D eigenvalue weighted by atomic mass is 10.0. The minimum atomic E-state index is -0.916. The predicted octanol–water partition coefficient (Wildman–Crippen LogP) is 4.22. The first-order valence-electron chi connectivity index (χ1n) is 10.1. The normalized spacial score (nSPS) is 10.7. The Balaban J connectivity index is 1.54. The molecule has 8 nitrogen and oxygen atoms in total. The van der Waals surface area contributed by atoms with Crippen LogP contribution in [0.2, 0.25) is 0 Å². The van der Waals surface area contributed by atoms with Crippen molar-refractivity contribution in [2.45, 2.75) is 6.42 Å². The van der Waals surface area contributed by atoms with Crippen molar-refractivity contribution in [2.75, 3.05) is 17.7 Å². The van der Waals surface area contributed by atoms with Crippen LogP contribution in [0.15, 0.2) is 65.5 Å². The van der Waals surface area contributed by atoms with Crippen molar-refractivity contribution in [1.82, 2.24) is 10.2 Å². The second-order valence-corrected chi connectivity index (χ2v) is 7.33. The number of aromatic amines is 1. The van der Waals surface area contributed by atoms with Gasteiger partial charge in [-0.1, -0.05) is 18.2 Å². The molecule has 172 valence electrons. The minimum Gasteiger partial charge on any atom is -0.465 e. The van der Waals surface area contributed by atoms with Gasteiger partial charge in [-0.05, 0) is 42.0 Å². The van der Waals surface area contributed by atoms with Crippen LogP contribution in [0, 0.1) is 11.6 Å². The fraction of sp³-hybridized carbons (Fsp3) is 0.0833. The Morgan fingerprint density at radius 3 is 2.44 bits per heavy atom. The largest absolute Gasteiger partial charge is 0.465 e. The Bertz CT molecular complexity index is 1450. The van der Waals surface area contributed by atoms with Crippen LogP contribution >= 0.6 is 0 Å². The van der Waals surface area contributed by atoms with E-state index in [0.29, 0.717) is 34.5 Å². The van der Waals surface area contributed by atoms with Gasteiger partial charge in [0.05, 0.1) is 29.4 Å². The number of hydrogen-bond acceptors (Lipinski definition) is 5. The third-order valence-corrected chi connectivity index (χ3v) is 5.05. The summed E-state index contributed by atoms with van der Waals surface area (Å²) >= 11 is 0. The van der Waals surface area contributed by atoms with Crippen LogP contribution in [0.3, 0.4) is 0 Å². The average molecular weight is 464 g/mol. The molecule has 1 aromatic heterocycles. The van der Waals surface area contributed by atoms with Gasteiger partial charge >= 0.3 is 12.0 Å². The van der Waals surface area contributed by atoms with Gasteiger partial charge in [0.1, 0.15) is 11.6 Å². The van der Waals surface area contributed by atoms with Gasteiger partial charge in [0, 0.05) is 23.6 Å². The molecule has 0 aliphatic heterocycles. The lowest BCUT2D eigenvalue weighted by Crippen LogP contribution is -2.20. The Kier molecular flexibility index (Phi) is 6.30. The summed E-state index contributed by atoms with van der Waals surface area (Å²) in [5, 5.41) is 12.3. The second kappa shape index (κ2) is 9.49. The first-order chi connectivity index (χ1) is 16.3. The van der Waals surface area contributed by atoms with Crippen molar-refractivity contribution < 1.29 is 23.1 Å². The highest BCUT2D eigenvalue weighted by Crippen LogP contribution is 2.21. The summed E-state index contributed by atoms with van der Waals surface area (Å²) in [6.45, 7) is 0. The lowest BCUT2D eigenvalue weighted by molar-refractivity contribution is 0.0600. The number of hydrogen-bond donors (Lipinski definition) is 3. The number of urea groups is 1. The molecule has 0 radical (unpaired) electrons. The van der Waals surface area contributed by atoms with Gasteiger partial charge in [0.15, 0.2) is 0 Å². The molecular weight excluding hydrogens is 446 g/mol. The van der Waals surface area contributed by atoms with E-state index in [1.54, 1.807) is 36.4 Å². The Morgan fingerprint density at radius 2 is 1.74 bits per heavy atom. The predicted molar refractivity (Wildman–Crippen MR) is 122 cm³/mol. The Labute approximate surface area is 191 Å².